The number of fused-ring (bicyclic) bond motifs is 1. The molecule has 2 aliphatic rings. The second-order valence-corrected chi connectivity index (χ2v) is 5.42. The van der Waals surface area contributed by atoms with Crippen LogP contribution in [0.4, 0.5) is 5.69 Å². The number of piperidine rings is 2. The number of nitrogens with one attached hydrogen (secondary N) is 1. The Morgan fingerprint density at radius 1 is 1.47 bits per heavy atom. The predicted molar refractivity (Wildman–Crippen MR) is 73.6 cm³/mol. The first-order valence-electron chi connectivity index (χ1n) is 6.95. The molecular formula is C14H20N4O. The minimum absolute atomic E-state index is 0.212. The molecule has 2 aliphatic heterocycles. The number of aromatic nitrogens is 1. The van der Waals surface area contributed by atoms with Crippen LogP contribution in [0.3, 0.4) is 0 Å². The molecular weight excluding hydrogens is 240 g/mol. The van der Waals surface area contributed by atoms with Crippen molar-refractivity contribution in [1.29, 1.82) is 0 Å². The van der Waals surface area contributed by atoms with Gasteiger partial charge in [0.25, 0.3) is 0 Å². The fraction of sp³-hybridized carbons (Fsp3) is 0.571. The average molecular weight is 260 g/mol. The number of nitrogens with two attached hydrogens (primary N) is 1. The van der Waals surface area contributed by atoms with Gasteiger partial charge in [-0.15, -0.1) is 0 Å². The number of rotatable bonds is 2. The molecule has 3 N–H and O–H groups in total. The molecule has 2 fully saturated rings. The van der Waals surface area contributed by atoms with Crippen molar-refractivity contribution in [1.82, 2.24) is 10.3 Å². The number of carbonyl (C=O) groups is 1. The molecule has 3 rings (SSSR count). The number of carbonyl (C=O) groups excluding carboxylic acids is 1. The Hall–Kier alpha value is -1.62. The zero-order valence-corrected chi connectivity index (χ0v) is 11.0. The van der Waals surface area contributed by atoms with E-state index in [4.69, 9.17) is 5.73 Å². The Labute approximate surface area is 113 Å². The lowest BCUT2D eigenvalue weighted by atomic mass is 9.85. The SMILES string of the molecule is NCc1cc(N2CCC3NC(=O)CCC3C2)ccn1. The van der Waals surface area contributed by atoms with E-state index in [9.17, 15) is 4.79 Å². The molecule has 0 bridgehead atoms. The molecule has 102 valence electrons. The van der Waals surface area contributed by atoms with Gasteiger partial charge in [-0.3, -0.25) is 9.78 Å². The van der Waals surface area contributed by atoms with Gasteiger partial charge in [-0.05, 0) is 30.9 Å². The van der Waals surface area contributed by atoms with Gasteiger partial charge in [0.2, 0.25) is 5.91 Å². The first-order valence-corrected chi connectivity index (χ1v) is 6.95. The number of pyridine rings is 1. The van der Waals surface area contributed by atoms with Crippen molar-refractivity contribution in [2.24, 2.45) is 11.7 Å². The minimum atomic E-state index is 0.212. The van der Waals surface area contributed by atoms with E-state index in [1.54, 1.807) is 0 Å². The van der Waals surface area contributed by atoms with Crippen molar-refractivity contribution >= 4 is 11.6 Å². The second kappa shape index (κ2) is 5.17. The number of nitrogens with zero attached hydrogens (tertiary/aromatic N) is 2. The maximum Gasteiger partial charge on any atom is 0.220 e. The topological polar surface area (TPSA) is 71.2 Å². The van der Waals surface area contributed by atoms with Gasteiger partial charge in [0.1, 0.15) is 0 Å². The Morgan fingerprint density at radius 3 is 3.21 bits per heavy atom. The van der Waals surface area contributed by atoms with E-state index in [2.05, 4.69) is 21.3 Å². The van der Waals surface area contributed by atoms with E-state index in [-0.39, 0.29) is 5.91 Å². The molecule has 3 heterocycles. The van der Waals surface area contributed by atoms with Crippen LogP contribution >= 0.6 is 0 Å². The zero-order chi connectivity index (χ0) is 13.2. The molecule has 0 aliphatic carbocycles. The summed E-state index contributed by atoms with van der Waals surface area (Å²) in [7, 11) is 0. The van der Waals surface area contributed by atoms with Gasteiger partial charge in [0.05, 0.1) is 5.69 Å². The summed E-state index contributed by atoms with van der Waals surface area (Å²) >= 11 is 0. The lowest BCUT2D eigenvalue weighted by Gasteiger charge is -2.42. The van der Waals surface area contributed by atoms with Crippen molar-refractivity contribution in [3.63, 3.8) is 0 Å². The minimum Gasteiger partial charge on any atom is -0.371 e. The molecule has 1 amide bonds. The lowest BCUT2D eigenvalue weighted by molar-refractivity contribution is -0.124. The molecule has 0 saturated carbocycles. The summed E-state index contributed by atoms with van der Waals surface area (Å²) < 4.78 is 0. The van der Waals surface area contributed by atoms with Crippen LogP contribution in [-0.4, -0.2) is 30.0 Å². The molecule has 5 nitrogen and oxygen atoms in total. The van der Waals surface area contributed by atoms with Crippen LogP contribution in [0.2, 0.25) is 0 Å². The lowest BCUT2D eigenvalue weighted by Crippen LogP contribution is -2.54. The number of hydrogen-bond donors (Lipinski definition) is 2. The summed E-state index contributed by atoms with van der Waals surface area (Å²) in [6, 6.07) is 4.48. The maximum absolute atomic E-state index is 11.4. The van der Waals surface area contributed by atoms with Gasteiger partial charge in [-0.2, -0.15) is 0 Å². The van der Waals surface area contributed by atoms with Gasteiger partial charge in [-0.25, -0.2) is 0 Å². The molecule has 0 aromatic carbocycles. The smallest absolute Gasteiger partial charge is 0.220 e. The number of amides is 1. The summed E-state index contributed by atoms with van der Waals surface area (Å²) in [5.74, 6) is 0.782. The Kier molecular flexibility index (Phi) is 3.38. The molecule has 2 saturated heterocycles. The van der Waals surface area contributed by atoms with Gasteiger partial charge in [-0.1, -0.05) is 0 Å². The monoisotopic (exact) mass is 260 g/mol. The Morgan fingerprint density at radius 2 is 2.37 bits per heavy atom. The molecule has 0 radical (unpaired) electrons. The highest BCUT2D eigenvalue weighted by Crippen LogP contribution is 2.28. The van der Waals surface area contributed by atoms with E-state index in [0.717, 1.165) is 31.6 Å². The van der Waals surface area contributed by atoms with Gasteiger partial charge < -0.3 is 16.0 Å². The Bertz CT molecular complexity index is 476. The molecule has 2 unspecified atom stereocenters. The highest BCUT2D eigenvalue weighted by molar-refractivity contribution is 5.77. The van der Waals surface area contributed by atoms with Crippen LogP contribution in [0.1, 0.15) is 25.0 Å². The molecule has 19 heavy (non-hydrogen) atoms. The molecule has 5 heteroatoms. The summed E-state index contributed by atoms with van der Waals surface area (Å²) in [5.41, 5.74) is 7.77. The summed E-state index contributed by atoms with van der Waals surface area (Å²) in [4.78, 5) is 18.0. The first-order chi connectivity index (χ1) is 9.26. The normalized spacial score (nSPS) is 26.8. The summed E-state index contributed by atoms with van der Waals surface area (Å²) in [6.07, 6.45) is 4.52. The fourth-order valence-electron chi connectivity index (χ4n) is 3.12. The van der Waals surface area contributed by atoms with E-state index in [1.807, 2.05) is 12.3 Å². The standard InChI is InChI=1S/C14H20N4O/c15-8-11-7-12(3-5-16-11)18-6-4-13-10(9-18)1-2-14(19)17-13/h3,5,7,10,13H,1-2,4,6,8-9,15H2,(H,17,19). The van der Waals surface area contributed by atoms with Crippen LogP contribution in [0, 0.1) is 5.92 Å². The fourth-order valence-corrected chi connectivity index (χ4v) is 3.12. The largest absolute Gasteiger partial charge is 0.371 e. The summed E-state index contributed by atoms with van der Waals surface area (Å²) in [5, 5.41) is 3.11. The van der Waals surface area contributed by atoms with Crippen LogP contribution in [-0.2, 0) is 11.3 Å². The molecule has 1 aromatic heterocycles. The van der Waals surface area contributed by atoms with E-state index < -0.39 is 0 Å². The van der Waals surface area contributed by atoms with Crippen molar-refractivity contribution in [2.45, 2.75) is 31.8 Å². The van der Waals surface area contributed by atoms with Gasteiger partial charge in [0, 0.05) is 44.0 Å². The third-order valence-corrected chi connectivity index (χ3v) is 4.20. The van der Waals surface area contributed by atoms with Crippen LogP contribution in [0.25, 0.3) is 0 Å². The molecule has 0 spiro atoms. The maximum atomic E-state index is 11.4. The number of hydrogen-bond acceptors (Lipinski definition) is 4. The van der Waals surface area contributed by atoms with Crippen LogP contribution in [0.5, 0.6) is 0 Å². The third kappa shape index (κ3) is 2.56. The Balaban J connectivity index is 1.72. The van der Waals surface area contributed by atoms with Gasteiger partial charge in [0.15, 0.2) is 0 Å². The number of anilines is 1. The quantitative estimate of drug-likeness (QED) is 0.819. The van der Waals surface area contributed by atoms with E-state index in [1.165, 1.54) is 5.69 Å². The van der Waals surface area contributed by atoms with Gasteiger partial charge >= 0.3 is 0 Å². The highest BCUT2D eigenvalue weighted by Gasteiger charge is 2.33. The predicted octanol–water partition coefficient (Wildman–Crippen LogP) is 0.645. The average Bonchev–Trinajstić information content (AvgIpc) is 2.46. The highest BCUT2D eigenvalue weighted by atomic mass is 16.1. The van der Waals surface area contributed by atoms with Crippen molar-refractivity contribution in [3.05, 3.63) is 24.0 Å². The van der Waals surface area contributed by atoms with Crippen LogP contribution < -0.4 is 16.0 Å². The summed E-state index contributed by atoms with van der Waals surface area (Å²) in [6.45, 7) is 2.47. The van der Waals surface area contributed by atoms with E-state index >= 15 is 0 Å². The van der Waals surface area contributed by atoms with E-state index in [0.29, 0.717) is 24.9 Å². The third-order valence-electron chi connectivity index (χ3n) is 4.20. The molecule has 2 atom stereocenters. The zero-order valence-electron chi connectivity index (χ0n) is 11.0. The molecule has 1 aromatic rings. The van der Waals surface area contributed by atoms with Crippen molar-refractivity contribution in [3.8, 4) is 0 Å². The van der Waals surface area contributed by atoms with Crippen molar-refractivity contribution in [2.75, 3.05) is 18.0 Å². The first kappa shape index (κ1) is 12.4. The second-order valence-electron chi connectivity index (χ2n) is 5.42. The van der Waals surface area contributed by atoms with Crippen molar-refractivity contribution < 1.29 is 4.79 Å². The van der Waals surface area contributed by atoms with Crippen LogP contribution in [0.15, 0.2) is 18.3 Å².